The van der Waals surface area contributed by atoms with Gasteiger partial charge in [-0.2, -0.15) is 0 Å². The number of nitrogens with zero attached hydrogens (tertiary/aromatic N) is 3. The first-order chi connectivity index (χ1) is 9.97. The summed E-state index contributed by atoms with van der Waals surface area (Å²) in [6.45, 7) is 2.47. The zero-order chi connectivity index (χ0) is 15.0. The lowest BCUT2D eigenvalue weighted by Gasteiger charge is -2.28. The standard InChI is InChI=1S/C12H17ClN4O2S2/c1-16-4-2-9(3-5-16)8-14-21(18,19)11-10(13)15-12-17(11)6-7-20-12/h6-7,9,14H,2-5,8H2,1H3. The van der Waals surface area contributed by atoms with E-state index >= 15 is 0 Å². The van der Waals surface area contributed by atoms with Crippen LogP contribution in [-0.2, 0) is 10.0 Å². The minimum Gasteiger partial charge on any atom is -0.306 e. The second-order valence-electron chi connectivity index (χ2n) is 5.36. The summed E-state index contributed by atoms with van der Waals surface area (Å²) >= 11 is 7.34. The lowest BCUT2D eigenvalue weighted by atomic mass is 9.98. The number of hydrogen-bond donors (Lipinski definition) is 1. The fraction of sp³-hybridized carbons (Fsp3) is 0.583. The van der Waals surface area contributed by atoms with E-state index in [0.717, 1.165) is 25.9 Å². The van der Waals surface area contributed by atoms with Crippen LogP contribution < -0.4 is 4.72 Å². The van der Waals surface area contributed by atoms with Gasteiger partial charge in [-0.3, -0.25) is 4.40 Å². The summed E-state index contributed by atoms with van der Waals surface area (Å²) in [6.07, 6.45) is 3.68. The molecule has 2 aromatic heterocycles. The fourth-order valence-electron chi connectivity index (χ4n) is 2.54. The molecule has 0 aliphatic carbocycles. The van der Waals surface area contributed by atoms with Crippen molar-refractivity contribution in [3.05, 3.63) is 16.7 Å². The quantitative estimate of drug-likeness (QED) is 0.912. The van der Waals surface area contributed by atoms with Gasteiger partial charge < -0.3 is 4.90 Å². The molecule has 0 unspecified atom stereocenters. The Kier molecular flexibility index (Phi) is 4.24. The molecule has 1 N–H and O–H groups in total. The van der Waals surface area contributed by atoms with Gasteiger partial charge in [0, 0.05) is 18.1 Å². The molecule has 9 heteroatoms. The number of rotatable bonds is 4. The van der Waals surface area contributed by atoms with Gasteiger partial charge in [0.1, 0.15) is 0 Å². The summed E-state index contributed by atoms with van der Waals surface area (Å²) < 4.78 is 29.1. The van der Waals surface area contributed by atoms with Crippen molar-refractivity contribution in [2.24, 2.45) is 5.92 Å². The molecule has 3 heterocycles. The minimum atomic E-state index is -3.65. The predicted octanol–water partition coefficient (Wildman–Crippen LogP) is 1.67. The number of nitrogens with one attached hydrogen (secondary N) is 1. The van der Waals surface area contributed by atoms with Gasteiger partial charge in [-0.15, -0.1) is 11.3 Å². The molecule has 0 bridgehead atoms. The van der Waals surface area contributed by atoms with E-state index in [1.54, 1.807) is 11.6 Å². The van der Waals surface area contributed by atoms with Crippen LogP contribution in [-0.4, -0.2) is 49.4 Å². The largest absolute Gasteiger partial charge is 0.306 e. The first-order valence-electron chi connectivity index (χ1n) is 6.76. The van der Waals surface area contributed by atoms with Gasteiger partial charge in [-0.25, -0.2) is 18.1 Å². The second kappa shape index (κ2) is 5.85. The molecular weight excluding hydrogens is 332 g/mol. The van der Waals surface area contributed by atoms with Gasteiger partial charge in [0.15, 0.2) is 15.1 Å². The van der Waals surface area contributed by atoms with Gasteiger partial charge in [-0.05, 0) is 38.9 Å². The van der Waals surface area contributed by atoms with E-state index in [9.17, 15) is 8.42 Å². The molecule has 21 heavy (non-hydrogen) atoms. The molecule has 0 saturated carbocycles. The molecular formula is C12H17ClN4O2S2. The molecule has 1 aliphatic rings. The van der Waals surface area contributed by atoms with Crippen molar-refractivity contribution < 1.29 is 8.42 Å². The first-order valence-corrected chi connectivity index (χ1v) is 9.51. The van der Waals surface area contributed by atoms with E-state index in [1.807, 2.05) is 0 Å². The maximum atomic E-state index is 12.5. The third-order valence-electron chi connectivity index (χ3n) is 3.83. The number of halogens is 1. The fourth-order valence-corrected chi connectivity index (χ4v) is 5.10. The van der Waals surface area contributed by atoms with Crippen LogP contribution in [0.25, 0.3) is 4.96 Å². The van der Waals surface area contributed by atoms with Gasteiger partial charge in [-0.1, -0.05) is 11.6 Å². The van der Waals surface area contributed by atoms with Crippen molar-refractivity contribution in [1.29, 1.82) is 0 Å². The van der Waals surface area contributed by atoms with E-state index in [-0.39, 0.29) is 10.2 Å². The average molecular weight is 349 g/mol. The number of aromatic nitrogens is 2. The lowest BCUT2D eigenvalue weighted by molar-refractivity contribution is 0.220. The van der Waals surface area contributed by atoms with Crippen LogP contribution in [0.2, 0.25) is 5.15 Å². The van der Waals surface area contributed by atoms with E-state index < -0.39 is 10.0 Å². The van der Waals surface area contributed by atoms with Gasteiger partial charge >= 0.3 is 0 Å². The van der Waals surface area contributed by atoms with Gasteiger partial charge in [0.25, 0.3) is 10.0 Å². The number of fused-ring (bicyclic) bond motifs is 1. The molecule has 0 radical (unpaired) electrons. The highest BCUT2D eigenvalue weighted by Gasteiger charge is 2.26. The Bertz CT molecular complexity index is 732. The van der Waals surface area contributed by atoms with Crippen LogP contribution in [0.5, 0.6) is 0 Å². The molecule has 2 aromatic rings. The van der Waals surface area contributed by atoms with Crippen LogP contribution in [0.1, 0.15) is 12.8 Å². The monoisotopic (exact) mass is 348 g/mol. The number of imidazole rings is 1. The number of hydrogen-bond acceptors (Lipinski definition) is 5. The highest BCUT2D eigenvalue weighted by Crippen LogP contribution is 2.25. The van der Waals surface area contributed by atoms with Crippen molar-refractivity contribution in [3.8, 4) is 0 Å². The number of thiazole rings is 1. The molecule has 0 amide bonds. The highest BCUT2D eigenvalue weighted by atomic mass is 35.5. The SMILES string of the molecule is CN1CCC(CNS(=O)(=O)c2c(Cl)nc3sccn23)CC1. The van der Waals surface area contributed by atoms with Crippen LogP contribution in [0.3, 0.4) is 0 Å². The van der Waals surface area contributed by atoms with Crippen LogP contribution in [0.4, 0.5) is 0 Å². The van der Waals surface area contributed by atoms with Gasteiger partial charge in [0.2, 0.25) is 0 Å². The molecule has 0 aromatic carbocycles. The molecule has 6 nitrogen and oxygen atoms in total. The van der Waals surface area contributed by atoms with Crippen molar-refractivity contribution >= 4 is 37.9 Å². The van der Waals surface area contributed by atoms with E-state index in [0.29, 0.717) is 17.4 Å². The number of likely N-dealkylation sites (tertiary alicyclic amines) is 1. The lowest BCUT2D eigenvalue weighted by Crippen LogP contribution is -2.37. The maximum absolute atomic E-state index is 12.5. The van der Waals surface area contributed by atoms with Crippen molar-refractivity contribution in [2.45, 2.75) is 17.9 Å². The van der Waals surface area contributed by atoms with Crippen LogP contribution >= 0.6 is 22.9 Å². The Morgan fingerprint density at radius 2 is 2.19 bits per heavy atom. The molecule has 1 aliphatic heterocycles. The smallest absolute Gasteiger partial charge is 0.259 e. The summed E-state index contributed by atoms with van der Waals surface area (Å²) in [5.41, 5.74) is 0. The van der Waals surface area contributed by atoms with Crippen LogP contribution in [0, 0.1) is 5.92 Å². The zero-order valence-corrected chi connectivity index (χ0v) is 14.0. The topological polar surface area (TPSA) is 66.7 Å². The van der Waals surface area contributed by atoms with Crippen LogP contribution in [0.15, 0.2) is 16.6 Å². The predicted molar refractivity (Wildman–Crippen MR) is 83.5 cm³/mol. The van der Waals surface area contributed by atoms with Crippen molar-refractivity contribution in [1.82, 2.24) is 19.0 Å². The molecule has 1 fully saturated rings. The molecule has 0 atom stereocenters. The summed E-state index contributed by atoms with van der Waals surface area (Å²) in [4.78, 5) is 6.91. The van der Waals surface area contributed by atoms with E-state index in [4.69, 9.17) is 11.6 Å². The molecule has 3 rings (SSSR count). The second-order valence-corrected chi connectivity index (χ2v) is 8.28. The number of piperidine rings is 1. The van der Waals surface area contributed by atoms with Crippen molar-refractivity contribution in [2.75, 3.05) is 26.7 Å². The summed E-state index contributed by atoms with van der Waals surface area (Å²) in [5, 5.41) is 1.85. The Morgan fingerprint density at radius 1 is 1.48 bits per heavy atom. The summed E-state index contributed by atoms with van der Waals surface area (Å²) in [5.74, 6) is 0.376. The Hall–Kier alpha value is -0.670. The summed E-state index contributed by atoms with van der Waals surface area (Å²) in [7, 11) is -1.56. The average Bonchev–Trinajstić information content (AvgIpc) is 2.97. The Labute approximate surface area is 132 Å². The first kappa shape index (κ1) is 15.2. The summed E-state index contributed by atoms with van der Waals surface area (Å²) in [6, 6.07) is 0. The molecule has 0 spiro atoms. The van der Waals surface area contributed by atoms with Gasteiger partial charge in [0.05, 0.1) is 0 Å². The van der Waals surface area contributed by atoms with E-state index in [1.165, 1.54) is 15.7 Å². The highest BCUT2D eigenvalue weighted by molar-refractivity contribution is 7.89. The minimum absolute atomic E-state index is 0.0257. The Morgan fingerprint density at radius 3 is 2.90 bits per heavy atom. The van der Waals surface area contributed by atoms with Crippen molar-refractivity contribution in [3.63, 3.8) is 0 Å². The molecule has 116 valence electrons. The Balaban J connectivity index is 1.75. The third-order valence-corrected chi connectivity index (χ3v) is 6.41. The normalized spacial score (nSPS) is 18.6. The molecule has 1 saturated heterocycles. The number of sulfonamides is 1. The zero-order valence-electron chi connectivity index (χ0n) is 11.6. The third kappa shape index (κ3) is 3.09. The van der Waals surface area contributed by atoms with E-state index in [2.05, 4.69) is 21.7 Å². The maximum Gasteiger partial charge on any atom is 0.259 e.